The number of ether oxygens (including phenoxy) is 1. The van der Waals surface area contributed by atoms with Gasteiger partial charge in [-0.3, -0.25) is 4.90 Å². The standard InChI is InChI=1S/C16H22ClNO/c1-12-6-8-18(15(12)10-17)11-16-14-5-3-2-4-13(14)7-9-19-16/h2-5,12,15-16H,6-11H2,1H3. The van der Waals surface area contributed by atoms with Gasteiger partial charge in [-0.15, -0.1) is 11.6 Å². The molecule has 1 saturated heterocycles. The van der Waals surface area contributed by atoms with E-state index in [4.69, 9.17) is 16.3 Å². The summed E-state index contributed by atoms with van der Waals surface area (Å²) in [6, 6.07) is 9.21. The number of rotatable bonds is 3. The van der Waals surface area contributed by atoms with Crippen LogP contribution in [0, 0.1) is 5.92 Å². The van der Waals surface area contributed by atoms with E-state index in [0.29, 0.717) is 12.0 Å². The minimum atomic E-state index is 0.223. The highest BCUT2D eigenvalue weighted by atomic mass is 35.5. The van der Waals surface area contributed by atoms with Gasteiger partial charge in [0.25, 0.3) is 0 Å². The molecular weight excluding hydrogens is 258 g/mol. The molecule has 2 heterocycles. The number of halogens is 1. The highest BCUT2D eigenvalue weighted by Gasteiger charge is 2.33. The molecule has 1 aromatic rings. The molecule has 1 aromatic carbocycles. The van der Waals surface area contributed by atoms with E-state index in [0.717, 1.165) is 32.0 Å². The lowest BCUT2D eigenvalue weighted by Gasteiger charge is -2.32. The number of likely N-dealkylation sites (tertiary alicyclic amines) is 1. The number of fused-ring (bicyclic) bond motifs is 1. The van der Waals surface area contributed by atoms with Crippen molar-refractivity contribution >= 4 is 11.6 Å². The third-order valence-electron chi connectivity index (χ3n) is 4.65. The predicted molar refractivity (Wildman–Crippen MR) is 78.7 cm³/mol. The minimum absolute atomic E-state index is 0.223. The highest BCUT2D eigenvalue weighted by molar-refractivity contribution is 6.18. The first-order valence-electron chi connectivity index (χ1n) is 7.29. The largest absolute Gasteiger partial charge is 0.372 e. The van der Waals surface area contributed by atoms with Gasteiger partial charge in [-0.2, -0.15) is 0 Å². The Morgan fingerprint density at radius 1 is 1.37 bits per heavy atom. The van der Waals surface area contributed by atoms with Gasteiger partial charge < -0.3 is 4.74 Å². The number of hydrogen-bond acceptors (Lipinski definition) is 2. The lowest BCUT2D eigenvalue weighted by atomic mass is 9.97. The molecule has 3 atom stereocenters. The molecule has 0 saturated carbocycles. The summed E-state index contributed by atoms with van der Waals surface area (Å²) in [7, 11) is 0. The average Bonchev–Trinajstić information content (AvgIpc) is 2.79. The van der Waals surface area contributed by atoms with Crippen molar-refractivity contribution in [2.24, 2.45) is 5.92 Å². The molecule has 3 heteroatoms. The monoisotopic (exact) mass is 279 g/mol. The molecule has 19 heavy (non-hydrogen) atoms. The van der Waals surface area contributed by atoms with E-state index in [9.17, 15) is 0 Å². The van der Waals surface area contributed by atoms with Crippen LogP contribution in [-0.4, -0.2) is 36.5 Å². The first-order chi connectivity index (χ1) is 9.29. The molecule has 3 unspecified atom stereocenters. The molecule has 0 amide bonds. The van der Waals surface area contributed by atoms with Crippen molar-refractivity contribution in [3.05, 3.63) is 35.4 Å². The van der Waals surface area contributed by atoms with Gasteiger partial charge in [-0.25, -0.2) is 0 Å². The van der Waals surface area contributed by atoms with Gasteiger partial charge in [0.05, 0.1) is 12.7 Å². The van der Waals surface area contributed by atoms with Gasteiger partial charge in [-0.05, 0) is 36.4 Å². The molecule has 1 fully saturated rings. The van der Waals surface area contributed by atoms with E-state index >= 15 is 0 Å². The molecule has 0 bridgehead atoms. The van der Waals surface area contributed by atoms with Crippen LogP contribution in [0.1, 0.15) is 30.6 Å². The second-order valence-corrected chi connectivity index (χ2v) is 6.10. The molecule has 0 aromatic heterocycles. The zero-order valence-corrected chi connectivity index (χ0v) is 12.3. The van der Waals surface area contributed by atoms with Crippen LogP contribution in [0.3, 0.4) is 0 Å². The topological polar surface area (TPSA) is 12.5 Å². The van der Waals surface area contributed by atoms with E-state index < -0.39 is 0 Å². The summed E-state index contributed by atoms with van der Waals surface area (Å²) in [5.74, 6) is 1.44. The first kappa shape index (κ1) is 13.4. The van der Waals surface area contributed by atoms with E-state index in [1.807, 2.05) is 0 Å². The van der Waals surface area contributed by atoms with Crippen LogP contribution >= 0.6 is 11.6 Å². The summed E-state index contributed by atoms with van der Waals surface area (Å²) in [6.45, 7) is 5.29. The number of benzene rings is 1. The van der Waals surface area contributed by atoms with Crippen LogP contribution in [0.5, 0.6) is 0 Å². The molecule has 2 aliphatic rings. The van der Waals surface area contributed by atoms with Crippen molar-refractivity contribution in [2.75, 3.05) is 25.6 Å². The van der Waals surface area contributed by atoms with Crippen LogP contribution in [0.2, 0.25) is 0 Å². The van der Waals surface area contributed by atoms with E-state index in [1.54, 1.807) is 0 Å². The summed E-state index contributed by atoms with van der Waals surface area (Å²) in [4.78, 5) is 2.52. The van der Waals surface area contributed by atoms with Crippen molar-refractivity contribution in [3.63, 3.8) is 0 Å². The summed E-state index contributed by atoms with van der Waals surface area (Å²) in [5, 5.41) is 0. The molecule has 0 radical (unpaired) electrons. The van der Waals surface area contributed by atoms with E-state index in [2.05, 4.69) is 36.1 Å². The fourth-order valence-electron chi connectivity index (χ4n) is 3.40. The van der Waals surface area contributed by atoms with Crippen LogP contribution < -0.4 is 0 Å². The average molecular weight is 280 g/mol. The van der Waals surface area contributed by atoms with E-state index in [-0.39, 0.29) is 6.10 Å². The maximum atomic E-state index is 6.13. The quantitative estimate of drug-likeness (QED) is 0.788. The predicted octanol–water partition coefficient (Wildman–Crippen LogP) is 3.25. The fraction of sp³-hybridized carbons (Fsp3) is 0.625. The molecule has 2 nitrogen and oxygen atoms in total. The number of nitrogens with zero attached hydrogens (tertiary/aromatic N) is 1. The Morgan fingerprint density at radius 2 is 2.21 bits per heavy atom. The zero-order valence-electron chi connectivity index (χ0n) is 11.5. The Morgan fingerprint density at radius 3 is 3.05 bits per heavy atom. The summed E-state index contributed by atoms with van der Waals surface area (Å²) in [5.41, 5.74) is 2.83. The van der Waals surface area contributed by atoms with Crippen molar-refractivity contribution in [1.82, 2.24) is 4.90 Å². The highest BCUT2D eigenvalue weighted by Crippen LogP contribution is 2.32. The Bertz CT molecular complexity index is 437. The molecule has 2 aliphatic heterocycles. The van der Waals surface area contributed by atoms with Crippen LogP contribution in [0.25, 0.3) is 0 Å². The fourth-order valence-corrected chi connectivity index (χ4v) is 3.90. The molecule has 104 valence electrons. The molecule has 0 spiro atoms. The Balaban J connectivity index is 1.74. The van der Waals surface area contributed by atoms with Crippen LogP contribution in [0.4, 0.5) is 0 Å². The normalized spacial score (nSPS) is 31.4. The second kappa shape index (κ2) is 5.82. The van der Waals surface area contributed by atoms with Gasteiger partial charge in [-0.1, -0.05) is 31.2 Å². The smallest absolute Gasteiger partial charge is 0.0954 e. The van der Waals surface area contributed by atoms with Crippen molar-refractivity contribution in [1.29, 1.82) is 0 Å². The summed E-state index contributed by atoms with van der Waals surface area (Å²) >= 11 is 6.13. The minimum Gasteiger partial charge on any atom is -0.372 e. The zero-order chi connectivity index (χ0) is 13.2. The Hall–Kier alpha value is -0.570. The lowest BCUT2D eigenvalue weighted by molar-refractivity contribution is 0.0134. The second-order valence-electron chi connectivity index (χ2n) is 5.79. The number of alkyl halides is 1. The Kier molecular flexibility index (Phi) is 4.11. The van der Waals surface area contributed by atoms with Gasteiger partial charge in [0.1, 0.15) is 0 Å². The first-order valence-corrected chi connectivity index (χ1v) is 7.82. The molecule has 0 N–H and O–H groups in total. The molecular formula is C16H22ClNO. The van der Waals surface area contributed by atoms with E-state index in [1.165, 1.54) is 17.5 Å². The summed E-state index contributed by atoms with van der Waals surface area (Å²) in [6.07, 6.45) is 2.52. The maximum absolute atomic E-state index is 6.13. The Labute approximate surface area is 120 Å². The van der Waals surface area contributed by atoms with Gasteiger partial charge in [0.15, 0.2) is 0 Å². The molecule has 3 rings (SSSR count). The SMILES string of the molecule is CC1CCN(CC2OCCc3ccccc32)C1CCl. The lowest BCUT2D eigenvalue weighted by Crippen LogP contribution is -2.38. The van der Waals surface area contributed by atoms with Crippen molar-refractivity contribution < 1.29 is 4.74 Å². The van der Waals surface area contributed by atoms with Crippen molar-refractivity contribution in [2.45, 2.75) is 31.9 Å². The molecule has 0 aliphatic carbocycles. The van der Waals surface area contributed by atoms with Gasteiger partial charge in [0, 0.05) is 18.5 Å². The number of hydrogen-bond donors (Lipinski definition) is 0. The van der Waals surface area contributed by atoms with Gasteiger partial charge in [0.2, 0.25) is 0 Å². The van der Waals surface area contributed by atoms with Gasteiger partial charge >= 0.3 is 0 Å². The maximum Gasteiger partial charge on any atom is 0.0954 e. The third kappa shape index (κ3) is 2.67. The third-order valence-corrected chi connectivity index (χ3v) is 4.96. The van der Waals surface area contributed by atoms with Crippen LogP contribution in [0.15, 0.2) is 24.3 Å². The van der Waals surface area contributed by atoms with Crippen LogP contribution in [-0.2, 0) is 11.2 Å². The summed E-state index contributed by atoms with van der Waals surface area (Å²) < 4.78 is 6.01. The van der Waals surface area contributed by atoms with Crippen molar-refractivity contribution in [3.8, 4) is 0 Å².